The Labute approximate surface area is 133 Å². The van der Waals surface area contributed by atoms with Crippen LogP contribution < -0.4 is 9.64 Å². The van der Waals surface area contributed by atoms with Gasteiger partial charge in [0.25, 0.3) is 5.91 Å². The minimum Gasteiger partial charge on any atom is -0.508 e. The van der Waals surface area contributed by atoms with Gasteiger partial charge in [-0.15, -0.1) is 0 Å². The molecule has 118 valence electrons. The van der Waals surface area contributed by atoms with Crippen LogP contribution in [0.3, 0.4) is 0 Å². The number of phenolic OH excluding ortho intramolecular Hbond substituents is 1. The number of likely N-dealkylation sites (N-methyl/N-ethyl adjacent to an activating group) is 1. The Kier molecular flexibility index (Phi) is 3.89. The first-order valence-electron chi connectivity index (χ1n) is 7.17. The number of imidazole rings is 1. The lowest BCUT2D eigenvalue weighted by Gasteiger charge is -2.17. The van der Waals surface area contributed by atoms with Gasteiger partial charge in [-0.1, -0.05) is 0 Å². The van der Waals surface area contributed by atoms with Crippen molar-refractivity contribution in [3.8, 4) is 11.5 Å². The highest BCUT2D eigenvalue weighted by atomic mass is 16.5. The number of anilines is 1. The molecule has 1 aromatic carbocycles. The van der Waals surface area contributed by atoms with Crippen LogP contribution in [-0.4, -0.2) is 34.1 Å². The van der Waals surface area contributed by atoms with Gasteiger partial charge >= 0.3 is 0 Å². The number of fused-ring (bicyclic) bond motifs is 1. The lowest BCUT2D eigenvalue weighted by atomic mass is 10.3. The Bertz CT molecular complexity index is 840. The second-order valence-electron chi connectivity index (χ2n) is 5.24. The van der Waals surface area contributed by atoms with E-state index in [2.05, 4.69) is 4.98 Å². The SMILES string of the molecule is Cc1cn2cccc(OCC(=O)N(C)c3ccc(O)cc3)c2n1. The number of aryl methyl sites for hydroxylation is 1. The molecular weight excluding hydrogens is 294 g/mol. The minimum atomic E-state index is -0.194. The first-order valence-corrected chi connectivity index (χ1v) is 7.17. The highest BCUT2D eigenvalue weighted by Crippen LogP contribution is 2.20. The van der Waals surface area contributed by atoms with E-state index in [0.29, 0.717) is 17.1 Å². The van der Waals surface area contributed by atoms with E-state index in [-0.39, 0.29) is 18.3 Å². The van der Waals surface area contributed by atoms with Crippen LogP contribution in [0.15, 0.2) is 48.8 Å². The van der Waals surface area contributed by atoms with Crippen molar-refractivity contribution in [2.45, 2.75) is 6.92 Å². The standard InChI is InChI=1S/C17H17N3O3/c1-12-10-20-9-3-4-15(17(20)18-12)23-11-16(22)19(2)13-5-7-14(21)8-6-13/h3-10,21H,11H2,1-2H3. The zero-order chi connectivity index (χ0) is 16.4. The van der Waals surface area contributed by atoms with Crippen molar-refractivity contribution in [1.29, 1.82) is 0 Å². The monoisotopic (exact) mass is 311 g/mol. The third-order valence-corrected chi connectivity index (χ3v) is 3.53. The Balaban J connectivity index is 1.71. The number of amides is 1. The maximum absolute atomic E-state index is 12.3. The molecule has 6 heteroatoms. The Morgan fingerprint density at radius 2 is 2.04 bits per heavy atom. The molecule has 0 saturated heterocycles. The predicted octanol–water partition coefficient (Wildman–Crippen LogP) is 2.39. The van der Waals surface area contributed by atoms with Crippen molar-refractivity contribution in [2.24, 2.45) is 0 Å². The van der Waals surface area contributed by atoms with E-state index in [1.807, 2.05) is 29.8 Å². The second-order valence-corrected chi connectivity index (χ2v) is 5.24. The molecule has 0 radical (unpaired) electrons. The Morgan fingerprint density at radius 1 is 1.30 bits per heavy atom. The number of phenols is 1. The van der Waals surface area contributed by atoms with Crippen LogP contribution in [0.25, 0.3) is 5.65 Å². The summed E-state index contributed by atoms with van der Waals surface area (Å²) in [5.41, 5.74) is 2.25. The van der Waals surface area contributed by atoms with Gasteiger partial charge in [-0.25, -0.2) is 4.98 Å². The van der Waals surface area contributed by atoms with Gasteiger partial charge in [0, 0.05) is 25.1 Å². The zero-order valence-electron chi connectivity index (χ0n) is 12.9. The number of ether oxygens (including phenoxy) is 1. The summed E-state index contributed by atoms with van der Waals surface area (Å²) in [6, 6.07) is 10.0. The van der Waals surface area contributed by atoms with E-state index in [1.165, 1.54) is 17.0 Å². The molecule has 2 aromatic heterocycles. The highest BCUT2D eigenvalue weighted by Gasteiger charge is 2.13. The molecule has 3 aromatic rings. The predicted molar refractivity (Wildman–Crippen MR) is 86.9 cm³/mol. The fourth-order valence-electron chi connectivity index (χ4n) is 2.28. The number of hydrogen-bond acceptors (Lipinski definition) is 4. The molecule has 0 saturated carbocycles. The molecule has 0 fully saturated rings. The van der Waals surface area contributed by atoms with Crippen molar-refractivity contribution in [2.75, 3.05) is 18.6 Å². The number of aromatic hydroxyl groups is 1. The van der Waals surface area contributed by atoms with E-state index in [9.17, 15) is 9.90 Å². The molecule has 1 amide bonds. The smallest absolute Gasteiger partial charge is 0.264 e. The van der Waals surface area contributed by atoms with Gasteiger partial charge in [-0.05, 0) is 43.3 Å². The molecule has 0 atom stereocenters. The van der Waals surface area contributed by atoms with Crippen LogP contribution in [0.1, 0.15) is 5.69 Å². The maximum atomic E-state index is 12.3. The molecule has 6 nitrogen and oxygen atoms in total. The fourth-order valence-corrected chi connectivity index (χ4v) is 2.28. The summed E-state index contributed by atoms with van der Waals surface area (Å²) in [4.78, 5) is 18.1. The summed E-state index contributed by atoms with van der Waals surface area (Å²) in [6.45, 7) is 1.81. The number of aromatic nitrogens is 2. The molecule has 3 rings (SSSR count). The van der Waals surface area contributed by atoms with Gasteiger partial charge in [0.1, 0.15) is 5.75 Å². The quantitative estimate of drug-likeness (QED) is 0.803. The van der Waals surface area contributed by atoms with E-state index >= 15 is 0 Å². The first kappa shape index (κ1) is 14.9. The molecular formula is C17H17N3O3. The number of nitrogens with zero attached hydrogens (tertiary/aromatic N) is 3. The summed E-state index contributed by atoms with van der Waals surface area (Å²) in [5.74, 6) is 0.529. The molecule has 0 aliphatic carbocycles. The summed E-state index contributed by atoms with van der Waals surface area (Å²) in [6.07, 6.45) is 3.78. The lowest BCUT2D eigenvalue weighted by molar-refractivity contribution is -0.120. The van der Waals surface area contributed by atoms with E-state index in [0.717, 1.165) is 5.69 Å². The zero-order valence-corrected chi connectivity index (χ0v) is 12.9. The number of pyridine rings is 1. The van der Waals surface area contributed by atoms with Gasteiger partial charge in [0.15, 0.2) is 18.0 Å². The summed E-state index contributed by atoms with van der Waals surface area (Å²) >= 11 is 0. The van der Waals surface area contributed by atoms with Crippen molar-refractivity contribution in [3.05, 3.63) is 54.5 Å². The minimum absolute atomic E-state index is 0.0943. The number of carbonyl (C=O) groups excluding carboxylic acids is 1. The van der Waals surface area contributed by atoms with Crippen LogP contribution in [0, 0.1) is 6.92 Å². The molecule has 23 heavy (non-hydrogen) atoms. The van der Waals surface area contributed by atoms with Gasteiger partial charge in [-0.2, -0.15) is 0 Å². The second kappa shape index (κ2) is 6.00. The highest BCUT2D eigenvalue weighted by molar-refractivity contribution is 5.94. The molecule has 0 bridgehead atoms. The maximum Gasteiger partial charge on any atom is 0.264 e. The number of benzene rings is 1. The molecule has 2 heterocycles. The fraction of sp³-hybridized carbons (Fsp3) is 0.176. The Morgan fingerprint density at radius 3 is 2.78 bits per heavy atom. The normalized spacial score (nSPS) is 10.7. The third kappa shape index (κ3) is 3.11. The van der Waals surface area contributed by atoms with E-state index < -0.39 is 0 Å². The van der Waals surface area contributed by atoms with Crippen LogP contribution in [0.4, 0.5) is 5.69 Å². The van der Waals surface area contributed by atoms with Crippen molar-refractivity contribution in [3.63, 3.8) is 0 Å². The van der Waals surface area contributed by atoms with Gasteiger partial charge in [-0.3, -0.25) is 4.79 Å². The topological polar surface area (TPSA) is 67.1 Å². The molecule has 0 unspecified atom stereocenters. The lowest BCUT2D eigenvalue weighted by Crippen LogP contribution is -2.31. The number of hydrogen-bond donors (Lipinski definition) is 1. The third-order valence-electron chi connectivity index (χ3n) is 3.53. The summed E-state index contributed by atoms with van der Waals surface area (Å²) in [5, 5.41) is 9.29. The average molecular weight is 311 g/mol. The number of carbonyl (C=O) groups is 1. The van der Waals surface area contributed by atoms with Crippen LogP contribution in [0.2, 0.25) is 0 Å². The van der Waals surface area contributed by atoms with Crippen molar-refractivity contribution < 1.29 is 14.6 Å². The molecule has 1 N–H and O–H groups in total. The van der Waals surface area contributed by atoms with Gasteiger partial charge in [0.05, 0.1) is 5.69 Å². The number of rotatable bonds is 4. The Hall–Kier alpha value is -3.02. The average Bonchev–Trinajstić information content (AvgIpc) is 2.93. The molecule has 0 aliphatic heterocycles. The molecule has 0 aliphatic rings. The van der Waals surface area contributed by atoms with E-state index in [4.69, 9.17) is 4.74 Å². The summed E-state index contributed by atoms with van der Waals surface area (Å²) in [7, 11) is 1.67. The largest absolute Gasteiger partial charge is 0.508 e. The van der Waals surface area contributed by atoms with Crippen LogP contribution in [-0.2, 0) is 4.79 Å². The first-order chi connectivity index (χ1) is 11.0. The van der Waals surface area contributed by atoms with E-state index in [1.54, 1.807) is 25.2 Å². The molecule has 0 spiro atoms. The van der Waals surface area contributed by atoms with Gasteiger partial charge < -0.3 is 19.1 Å². The van der Waals surface area contributed by atoms with Crippen molar-refractivity contribution in [1.82, 2.24) is 9.38 Å². The van der Waals surface area contributed by atoms with Crippen LogP contribution >= 0.6 is 0 Å². The van der Waals surface area contributed by atoms with Crippen molar-refractivity contribution >= 4 is 17.2 Å². The summed E-state index contributed by atoms with van der Waals surface area (Å²) < 4.78 is 7.50. The van der Waals surface area contributed by atoms with Gasteiger partial charge in [0.2, 0.25) is 0 Å². The van der Waals surface area contributed by atoms with Crippen LogP contribution in [0.5, 0.6) is 11.5 Å².